The topological polar surface area (TPSA) is 0 Å². The fraction of sp³-hybridized carbons (Fsp3) is 0.489. The van der Waals surface area contributed by atoms with Crippen LogP contribution in [0.3, 0.4) is 0 Å². The SMILES string of the molecule is CC(C)(C)c1c[c-]c2c(c1)-c1cc(C(C)(C)C)ccc1C2.CC1=[C-]C(C)C=C1CC12CC3CC(CC(C3)C1)C2.Cl.Cl.[CH2]=[Zr].[CH3-].[c-]1ccccc1. The molecular formula is C47H62Cl2Zr-4. The molecule has 4 fully saturated rings. The summed E-state index contributed by atoms with van der Waals surface area (Å²) in [6, 6.07) is 27.6. The third kappa shape index (κ3) is 10.8. The molecule has 0 nitrogen and oxygen atoms in total. The van der Waals surface area contributed by atoms with E-state index < -0.39 is 0 Å². The maximum atomic E-state index is 3.57. The van der Waals surface area contributed by atoms with Crippen molar-refractivity contribution >= 4 is 29.0 Å². The maximum absolute atomic E-state index is 3.57. The Morgan fingerprint density at radius 2 is 1.34 bits per heavy atom. The van der Waals surface area contributed by atoms with Gasteiger partial charge in [0, 0.05) is 0 Å². The zero-order valence-corrected chi connectivity index (χ0v) is 36.4. The molecule has 3 aromatic carbocycles. The molecule has 272 valence electrons. The van der Waals surface area contributed by atoms with Crippen molar-refractivity contribution in [3.63, 3.8) is 0 Å². The number of rotatable bonds is 2. The fourth-order valence-corrected chi connectivity index (χ4v) is 9.33. The van der Waals surface area contributed by atoms with Gasteiger partial charge in [-0.3, -0.25) is 6.08 Å². The van der Waals surface area contributed by atoms with E-state index in [4.69, 9.17) is 0 Å². The standard InChI is InChI=1S/C21H25.C18H25.C6H5.CH3.CH2.2ClH.Zr/c1-20(2,3)16-9-7-14-11-15-8-10-17(21(4,5)6)13-19(15)18(14)12-16;1-12-3-13(2)17(4-12)11-18-8-14-5-15(9-18)7-16(6-14)10-18;1-2-4-6-5-3-1;;;;;/h7,9-10,12-13H,11H2,1-6H3;4,12,14-16H,5-11H2,1-2H3;1-5H;1H3;1H2;2*1H;/q4*-1;;;;. The van der Waals surface area contributed by atoms with Gasteiger partial charge < -0.3 is 7.43 Å². The first-order chi connectivity index (χ1) is 22.3. The summed E-state index contributed by atoms with van der Waals surface area (Å²) < 4.78 is 3.34. The minimum Gasteiger partial charge on any atom is -0.358 e. The van der Waals surface area contributed by atoms with Crippen LogP contribution in [0.2, 0.25) is 0 Å². The molecule has 3 heteroatoms. The summed E-state index contributed by atoms with van der Waals surface area (Å²) in [5.74, 6) is 3.82. The summed E-state index contributed by atoms with van der Waals surface area (Å²) in [5, 5.41) is 0. The van der Waals surface area contributed by atoms with E-state index >= 15 is 0 Å². The Balaban J connectivity index is 0.000000273. The van der Waals surface area contributed by atoms with Crippen molar-refractivity contribution in [2.75, 3.05) is 0 Å². The van der Waals surface area contributed by atoms with E-state index in [1.165, 1.54) is 69.6 Å². The van der Waals surface area contributed by atoms with E-state index in [9.17, 15) is 0 Å². The van der Waals surface area contributed by atoms with Crippen LogP contribution in [0, 0.1) is 54.7 Å². The molecule has 6 aliphatic rings. The van der Waals surface area contributed by atoms with Gasteiger partial charge >= 0.3 is 28.4 Å². The third-order valence-electron chi connectivity index (χ3n) is 11.2. The summed E-state index contributed by atoms with van der Waals surface area (Å²) in [6.45, 7) is 18.2. The Labute approximate surface area is 334 Å². The van der Waals surface area contributed by atoms with Gasteiger partial charge in [-0.2, -0.15) is 77.4 Å². The molecular weight excluding hydrogens is 727 g/mol. The number of benzene rings is 3. The molecule has 0 spiro atoms. The van der Waals surface area contributed by atoms with Crippen LogP contribution < -0.4 is 0 Å². The van der Waals surface area contributed by atoms with Gasteiger partial charge in [0.25, 0.3) is 0 Å². The summed E-state index contributed by atoms with van der Waals surface area (Å²) in [6.07, 6.45) is 17.8. The number of hydrogen-bond acceptors (Lipinski definition) is 0. The number of allylic oxidation sites excluding steroid dienone is 4. The largest absolute Gasteiger partial charge is 0.358 e. The first-order valence-electron chi connectivity index (χ1n) is 18.0. The van der Waals surface area contributed by atoms with Crippen LogP contribution in [0.15, 0.2) is 77.9 Å². The van der Waals surface area contributed by atoms with E-state index in [-0.39, 0.29) is 43.1 Å². The molecule has 50 heavy (non-hydrogen) atoms. The van der Waals surface area contributed by atoms with E-state index in [1.807, 2.05) is 30.3 Å². The summed E-state index contributed by atoms with van der Waals surface area (Å²) in [5.41, 5.74) is 12.6. The normalized spacial score (nSPS) is 24.7. The van der Waals surface area contributed by atoms with Crippen LogP contribution in [0.5, 0.6) is 0 Å². The molecule has 0 aromatic heterocycles. The Bertz CT molecular complexity index is 1460. The molecule has 0 amide bonds. The second-order valence-electron chi connectivity index (χ2n) is 17.3. The van der Waals surface area contributed by atoms with Crippen molar-refractivity contribution in [2.24, 2.45) is 29.1 Å². The smallest absolute Gasteiger partial charge is 0.171 e. The van der Waals surface area contributed by atoms with Gasteiger partial charge in [-0.05, 0) is 79.1 Å². The van der Waals surface area contributed by atoms with Crippen molar-refractivity contribution in [3.05, 3.63) is 126 Å². The first kappa shape index (κ1) is 44.6. The molecule has 0 N–H and O–H groups in total. The van der Waals surface area contributed by atoms with Crippen LogP contribution in [0.4, 0.5) is 0 Å². The van der Waals surface area contributed by atoms with Crippen molar-refractivity contribution in [2.45, 2.75) is 118 Å². The zero-order valence-electron chi connectivity index (χ0n) is 32.3. The van der Waals surface area contributed by atoms with E-state index in [0.717, 1.165) is 24.2 Å². The average molecular weight is 789 g/mol. The minimum absolute atomic E-state index is 0. The second kappa shape index (κ2) is 18.5. The molecule has 0 aliphatic heterocycles. The van der Waals surface area contributed by atoms with Gasteiger partial charge in [0.05, 0.1) is 0 Å². The predicted molar refractivity (Wildman–Crippen MR) is 219 cm³/mol. The van der Waals surface area contributed by atoms with Crippen molar-refractivity contribution in [3.8, 4) is 11.1 Å². The fourth-order valence-electron chi connectivity index (χ4n) is 9.33. The second-order valence-corrected chi connectivity index (χ2v) is 17.3. The molecule has 1 atom stereocenters. The van der Waals surface area contributed by atoms with Gasteiger partial charge in [-0.15, -0.1) is 30.4 Å². The van der Waals surface area contributed by atoms with Crippen LogP contribution in [-0.2, 0) is 41.5 Å². The Hall–Kier alpha value is -1.53. The van der Waals surface area contributed by atoms with E-state index in [2.05, 4.69) is 114 Å². The Morgan fingerprint density at radius 3 is 1.78 bits per heavy atom. The van der Waals surface area contributed by atoms with Crippen LogP contribution in [0.25, 0.3) is 11.1 Å². The number of fused-ring (bicyclic) bond motifs is 3. The molecule has 0 heterocycles. The molecule has 9 rings (SSSR count). The first-order valence-corrected chi connectivity index (χ1v) is 19.8. The Morgan fingerprint density at radius 1 is 0.800 bits per heavy atom. The van der Waals surface area contributed by atoms with Crippen molar-refractivity contribution in [1.82, 2.24) is 0 Å². The van der Waals surface area contributed by atoms with Gasteiger partial charge in [-0.25, -0.2) is 5.57 Å². The zero-order chi connectivity index (χ0) is 34.0. The summed E-state index contributed by atoms with van der Waals surface area (Å²) in [7, 11) is 0. The summed E-state index contributed by atoms with van der Waals surface area (Å²) >= 11 is 1.30. The van der Waals surface area contributed by atoms with E-state index in [0.29, 0.717) is 11.3 Å². The molecule has 0 radical (unpaired) electrons. The van der Waals surface area contributed by atoms with Crippen LogP contribution in [-0.4, -0.2) is 4.21 Å². The quantitative estimate of drug-likeness (QED) is 0.178. The monoisotopic (exact) mass is 786 g/mol. The van der Waals surface area contributed by atoms with Gasteiger partial charge in [0.1, 0.15) is 0 Å². The third-order valence-corrected chi connectivity index (χ3v) is 11.2. The number of hydrogen-bond donors (Lipinski definition) is 0. The number of halogens is 2. The molecule has 0 saturated heterocycles. The minimum atomic E-state index is 0. The molecule has 3 aromatic rings. The van der Waals surface area contributed by atoms with Gasteiger partial charge in [-0.1, -0.05) is 102 Å². The van der Waals surface area contributed by atoms with Gasteiger partial charge in [0.15, 0.2) is 0 Å². The molecule has 4 saturated carbocycles. The predicted octanol–water partition coefficient (Wildman–Crippen LogP) is 13.3. The van der Waals surface area contributed by atoms with Crippen molar-refractivity contribution < 1.29 is 24.2 Å². The average Bonchev–Trinajstić information content (AvgIpc) is 3.54. The molecule has 1 unspecified atom stereocenters. The molecule has 6 aliphatic carbocycles. The van der Waals surface area contributed by atoms with Gasteiger partial charge in [0.2, 0.25) is 0 Å². The van der Waals surface area contributed by atoms with E-state index in [1.54, 1.807) is 44.1 Å². The molecule has 4 bridgehead atoms. The van der Waals surface area contributed by atoms with Crippen LogP contribution >= 0.6 is 24.8 Å². The Kier molecular flexibility index (Phi) is 16.5. The maximum Gasteiger partial charge on any atom is -0.171 e. The van der Waals surface area contributed by atoms with Crippen LogP contribution in [0.1, 0.15) is 123 Å². The summed E-state index contributed by atoms with van der Waals surface area (Å²) in [4.78, 5) is 0. The van der Waals surface area contributed by atoms with Crippen molar-refractivity contribution in [1.29, 1.82) is 0 Å².